The highest BCUT2D eigenvalue weighted by Crippen LogP contribution is 2.32. The maximum Gasteiger partial charge on any atom is 0.410 e. The molecule has 0 saturated heterocycles. The molecule has 2 atom stereocenters. The van der Waals surface area contributed by atoms with Crippen LogP contribution in [0.25, 0.3) is 11.3 Å². The van der Waals surface area contributed by atoms with E-state index in [-0.39, 0.29) is 18.2 Å². The van der Waals surface area contributed by atoms with Crippen molar-refractivity contribution in [1.29, 1.82) is 0 Å². The van der Waals surface area contributed by atoms with Gasteiger partial charge in [-0.25, -0.2) is 14.8 Å². The van der Waals surface area contributed by atoms with Gasteiger partial charge in [0.2, 0.25) is 5.95 Å². The number of nitrogens with zero attached hydrogens (tertiary/aromatic N) is 4. The van der Waals surface area contributed by atoms with E-state index in [1.165, 1.54) is 0 Å². The van der Waals surface area contributed by atoms with E-state index in [1.54, 1.807) is 18.1 Å². The lowest BCUT2D eigenvalue weighted by Crippen LogP contribution is -2.40. The van der Waals surface area contributed by atoms with Crippen LogP contribution in [0, 0.1) is 13.8 Å². The molecule has 3 rings (SSSR count). The molecule has 9 heteroatoms. The van der Waals surface area contributed by atoms with E-state index >= 15 is 0 Å². The van der Waals surface area contributed by atoms with Crippen LogP contribution in [0.5, 0.6) is 0 Å². The van der Waals surface area contributed by atoms with Gasteiger partial charge in [-0.15, -0.1) is 0 Å². The van der Waals surface area contributed by atoms with Gasteiger partial charge < -0.3 is 19.5 Å². The first-order valence-corrected chi connectivity index (χ1v) is 10.1. The largest absolute Gasteiger partial charge is 0.444 e. The van der Waals surface area contributed by atoms with Crippen molar-refractivity contribution in [2.45, 2.75) is 71.6 Å². The molecule has 1 saturated carbocycles. The van der Waals surface area contributed by atoms with Gasteiger partial charge in [-0.3, -0.25) is 0 Å². The predicted molar refractivity (Wildman–Crippen MR) is 111 cm³/mol. The Kier molecular flexibility index (Phi) is 6.03. The van der Waals surface area contributed by atoms with Gasteiger partial charge in [0.05, 0.1) is 28.2 Å². The van der Waals surface area contributed by atoms with E-state index in [2.05, 4.69) is 20.4 Å². The van der Waals surface area contributed by atoms with Crippen molar-refractivity contribution in [3.05, 3.63) is 22.7 Å². The van der Waals surface area contributed by atoms with Gasteiger partial charge in [0, 0.05) is 19.1 Å². The summed E-state index contributed by atoms with van der Waals surface area (Å²) in [6, 6.07) is 0.264. The first kappa shape index (κ1) is 21.4. The lowest BCUT2D eigenvalue weighted by molar-refractivity contribution is 0.0226. The summed E-state index contributed by atoms with van der Waals surface area (Å²) >= 11 is 6.32. The summed E-state index contributed by atoms with van der Waals surface area (Å²) in [6.07, 6.45) is 3.87. The van der Waals surface area contributed by atoms with Gasteiger partial charge in [0.1, 0.15) is 11.4 Å². The molecular formula is C20H28ClN5O3. The molecule has 0 spiro atoms. The molecule has 8 nitrogen and oxygen atoms in total. The second-order valence-corrected chi connectivity index (χ2v) is 8.90. The zero-order valence-corrected chi connectivity index (χ0v) is 18.5. The number of amides is 1. The Hall–Kier alpha value is -2.35. The molecule has 0 bridgehead atoms. The number of rotatable bonds is 4. The van der Waals surface area contributed by atoms with E-state index in [9.17, 15) is 4.79 Å². The molecule has 158 valence electrons. The molecule has 2 unspecified atom stereocenters. The summed E-state index contributed by atoms with van der Waals surface area (Å²) in [5.74, 6) is 1.16. The Morgan fingerprint density at radius 1 is 1.34 bits per heavy atom. The van der Waals surface area contributed by atoms with Gasteiger partial charge in [0.25, 0.3) is 0 Å². The van der Waals surface area contributed by atoms with E-state index in [0.717, 1.165) is 30.5 Å². The molecule has 2 aromatic heterocycles. The fraction of sp³-hybridized carbons (Fsp3) is 0.600. The van der Waals surface area contributed by atoms with Crippen molar-refractivity contribution in [3.8, 4) is 11.3 Å². The molecule has 2 heterocycles. The molecule has 1 aliphatic rings. The summed E-state index contributed by atoms with van der Waals surface area (Å²) in [5.41, 5.74) is 1.61. The van der Waals surface area contributed by atoms with Crippen molar-refractivity contribution in [2.75, 3.05) is 12.4 Å². The number of carbonyl (C=O) groups is 1. The van der Waals surface area contributed by atoms with E-state index in [1.807, 2.05) is 34.6 Å². The van der Waals surface area contributed by atoms with Crippen molar-refractivity contribution in [1.82, 2.24) is 20.0 Å². The number of anilines is 1. The average molecular weight is 422 g/mol. The molecule has 0 radical (unpaired) electrons. The second-order valence-electron chi connectivity index (χ2n) is 8.49. The fourth-order valence-electron chi connectivity index (χ4n) is 3.54. The van der Waals surface area contributed by atoms with Crippen LogP contribution in [-0.4, -0.2) is 50.9 Å². The summed E-state index contributed by atoms with van der Waals surface area (Å²) in [5, 5.41) is 7.79. The molecule has 1 aliphatic carbocycles. The van der Waals surface area contributed by atoms with Crippen molar-refractivity contribution in [2.24, 2.45) is 0 Å². The van der Waals surface area contributed by atoms with Crippen LogP contribution in [0.2, 0.25) is 5.02 Å². The molecule has 1 amide bonds. The highest BCUT2D eigenvalue weighted by Gasteiger charge is 2.32. The number of hydrogen-bond acceptors (Lipinski definition) is 7. The average Bonchev–Trinajstić information content (AvgIpc) is 3.21. The molecule has 0 aromatic carbocycles. The summed E-state index contributed by atoms with van der Waals surface area (Å²) in [4.78, 5) is 22.9. The minimum Gasteiger partial charge on any atom is -0.444 e. The lowest BCUT2D eigenvalue weighted by Gasteiger charge is -2.28. The van der Waals surface area contributed by atoms with Crippen LogP contribution in [0.15, 0.2) is 10.7 Å². The molecular weight excluding hydrogens is 394 g/mol. The number of ether oxygens (including phenoxy) is 1. The third-order valence-electron chi connectivity index (χ3n) is 4.98. The molecule has 0 aliphatic heterocycles. The number of hydrogen-bond donors (Lipinski definition) is 1. The Bertz CT molecular complexity index is 873. The predicted octanol–water partition coefficient (Wildman–Crippen LogP) is 4.60. The van der Waals surface area contributed by atoms with Crippen molar-refractivity contribution < 1.29 is 14.1 Å². The standard InChI is InChI=1S/C20H28ClN5O3/c1-11-16(12(2)29-25-11)17-15(21)10-22-18(24-17)23-13-7-8-14(9-13)26(6)19(27)28-20(3,4)5/h10,13-14H,7-9H2,1-6H3,(H,22,23,24). The van der Waals surface area contributed by atoms with Crippen LogP contribution >= 0.6 is 11.6 Å². The van der Waals surface area contributed by atoms with Crippen molar-refractivity contribution >= 4 is 23.6 Å². The Morgan fingerprint density at radius 3 is 2.69 bits per heavy atom. The van der Waals surface area contributed by atoms with E-state index in [0.29, 0.717) is 22.4 Å². The van der Waals surface area contributed by atoms with Crippen LogP contribution in [0.4, 0.5) is 10.7 Å². The number of nitrogens with one attached hydrogen (secondary N) is 1. The Labute approximate surface area is 176 Å². The van der Waals surface area contributed by atoms with E-state index < -0.39 is 5.60 Å². The summed E-state index contributed by atoms with van der Waals surface area (Å²) < 4.78 is 10.7. The highest BCUT2D eigenvalue weighted by atomic mass is 35.5. The molecule has 1 fully saturated rings. The summed E-state index contributed by atoms with van der Waals surface area (Å²) in [7, 11) is 1.79. The summed E-state index contributed by atoms with van der Waals surface area (Å²) in [6.45, 7) is 9.28. The molecule has 2 aromatic rings. The van der Waals surface area contributed by atoms with Gasteiger partial charge in [-0.1, -0.05) is 16.8 Å². The number of halogens is 1. The topological polar surface area (TPSA) is 93.4 Å². The quantitative estimate of drug-likeness (QED) is 0.770. The van der Waals surface area contributed by atoms with Crippen LogP contribution in [-0.2, 0) is 4.74 Å². The van der Waals surface area contributed by atoms with Gasteiger partial charge in [-0.2, -0.15) is 0 Å². The van der Waals surface area contributed by atoms with Crippen LogP contribution in [0.1, 0.15) is 51.5 Å². The highest BCUT2D eigenvalue weighted by molar-refractivity contribution is 6.33. The maximum absolute atomic E-state index is 12.3. The van der Waals surface area contributed by atoms with Crippen molar-refractivity contribution in [3.63, 3.8) is 0 Å². The fourth-order valence-corrected chi connectivity index (χ4v) is 3.72. The number of aryl methyl sites for hydroxylation is 2. The zero-order valence-electron chi connectivity index (χ0n) is 17.7. The lowest BCUT2D eigenvalue weighted by atomic mass is 10.1. The second kappa shape index (κ2) is 8.18. The SMILES string of the molecule is Cc1noc(C)c1-c1nc(NC2CCC(N(C)C(=O)OC(C)(C)C)C2)ncc1Cl. The van der Waals surface area contributed by atoms with Gasteiger partial charge in [-0.05, 0) is 53.9 Å². The Balaban J connectivity index is 1.68. The number of aromatic nitrogens is 3. The van der Waals surface area contributed by atoms with Gasteiger partial charge in [0.15, 0.2) is 0 Å². The third-order valence-corrected chi connectivity index (χ3v) is 5.26. The monoisotopic (exact) mass is 421 g/mol. The zero-order chi connectivity index (χ0) is 21.3. The Morgan fingerprint density at radius 2 is 2.07 bits per heavy atom. The third kappa shape index (κ3) is 4.98. The first-order chi connectivity index (χ1) is 13.5. The molecule has 1 N–H and O–H groups in total. The minimum atomic E-state index is -0.507. The minimum absolute atomic E-state index is 0.108. The first-order valence-electron chi connectivity index (χ1n) is 9.73. The molecule has 29 heavy (non-hydrogen) atoms. The van der Waals surface area contributed by atoms with Gasteiger partial charge >= 0.3 is 6.09 Å². The van der Waals surface area contributed by atoms with E-state index in [4.69, 9.17) is 20.9 Å². The maximum atomic E-state index is 12.3. The van der Waals surface area contributed by atoms with Crippen LogP contribution in [0.3, 0.4) is 0 Å². The normalized spacial score (nSPS) is 19.3. The number of carbonyl (C=O) groups excluding carboxylic acids is 1. The smallest absolute Gasteiger partial charge is 0.410 e. The van der Waals surface area contributed by atoms with Crippen LogP contribution < -0.4 is 5.32 Å².